The maximum absolute atomic E-state index is 11.2. The van der Waals surface area contributed by atoms with Crippen LogP contribution < -0.4 is 10.6 Å². The van der Waals surface area contributed by atoms with Crippen molar-refractivity contribution in [1.29, 1.82) is 0 Å². The molecule has 0 fully saturated rings. The highest BCUT2D eigenvalue weighted by atomic mass is 16.5. The topological polar surface area (TPSA) is 70.6 Å². The molecule has 0 saturated heterocycles. The number of rotatable bonds is 1. The molecule has 0 spiro atoms. The van der Waals surface area contributed by atoms with E-state index in [-0.39, 0.29) is 0 Å². The molecule has 74 valence electrons. The summed E-state index contributed by atoms with van der Waals surface area (Å²) in [5.41, 5.74) is 1.92. The minimum Gasteiger partial charge on any atom is -0.465 e. The molecule has 1 aromatic carbocycles. The van der Waals surface area contributed by atoms with Crippen LogP contribution in [0.15, 0.2) is 18.2 Å². The van der Waals surface area contributed by atoms with Crippen molar-refractivity contribution in [3.05, 3.63) is 23.8 Å². The van der Waals surface area contributed by atoms with Gasteiger partial charge in [0.15, 0.2) is 0 Å². The Morgan fingerprint density at radius 3 is 2.86 bits per heavy atom. The molecule has 0 amide bonds. The quantitative estimate of drug-likeness (QED) is 0.571. The molecular formula is C9H10N2O3. The van der Waals surface area contributed by atoms with E-state index in [0.29, 0.717) is 11.3 Å². The Morgan fingerprint density at radius 1 is 1.43 bits per heavy atom. The highest BCUT2D eigenvalue weighted by molar-refractivity contribution is 5.92. The Hall–Kier alpha value is -1.75. The summed E-state index contributed by atoms with van der Waals surface area (Å²) in [6, 6.07) is 4.98. The van der Waals surface area contributed by atoms with Crippen molar-refractivity contribution < 1.29 is 14.6 Å². The van der Waals surface area contributed by atoms with Gasteiger partial charge in [0.25, 0.3) is 0 Å². The fourth-order valence-corrected chi connectivity index (χ4v) is 1.37. The lowest BCUT2D eigenvalue weighted by Crippen LogP contribution is -2.20. The van der Waals surface area contributed by atoms with E-state index in [1.165, 1.54) is 7.11 Å². The Bertz CT molecular complexity index is 378. The Labute approximate surface area is 80.7 Å². The van der Waals surface area contributed by atoms with E-state index < -0.39 is 12.3 Å². The van der Waals surface area contributed by atoms with Crippen molar-refractivity contribution in [2.75, 3.05) is 17.7 Å². The monoisotopic (exact) mass is 194 g/mol. The number of carbonyl (C=O) groups is 1. The summed E-state index contributed by atoms with van der Waals surface area (Å²) in [5, 5.41) is 14.7. The summed E-state index contributed by atoms with van der Waals surface area (Å²) >= 11 is 0. The van der Waals surface area contributed by atoms with Gasteiger partial charge in [-0.05, 0) is 18.2 Å². The van der Waals surface area contributed by atoms with Gasteiger partial charge >= 0.3 is 5.97 Å². The number of benzene rings is 1. The molecule has 0 saturated carbocycles. The minimum absolute atomic E-state index is 0.393. The third kappa shape index (κ3) is 1.38. The molecule has 1 atom stereocenters. The van der Waals surface area contributed by atoms with E-state index in [9.17, 15) is 9.90 Å². The largest absolute Gasteiger partial charge is 0.465 e. The van der Waals surface area contributed by atoms with Crippen LogP contribution in [0, 0.1) is 0 Å². The number of aliphatic hydroxyl groups excluding tert-OH is 1. The van der Waals surface area contributed by atoms with Gasteiger partial charge in [-0.25, -0.2) is 4.79 Å². The molecule has 3 N–H and O–H groups in total. The number of carbonyl (C=O) groups excluding carboxylic acids is 1. The summed E-state index contributed by atoms with van der Waals surface area (Å²) in [4.78, 5) is 11.2. The molecule has 1 aromatic rings. The van der Waals surface area contributed by atoms with Crippen molar-refractivity contribution in [3.63, 3.8) is 0 Å². The Kier molecular flexibility index (Phi) is 2.01. The first kappa shape index (κ1) is 8.83. The predicted molar refractivity (Wildman–Crippen MR) is 51.0 cm³/mol. The van der Waals surface area contributed by atoms with Crippen LogP contribution >= 0.6 is 0 Å². The van der Waals surface area contributed by atoms with E-state index in [1.54, 1.807) is 18.2 Å². The first-order valence-corrected chi connectivity index (χ1v) is 4.14. The predicted octanol–water partition coefficient (Wildman–Crippen LogP) is 0.586. The smallest absolute Gasteiger partial charge is 0.337 e. The molecule has 5 heteroatoms. The lowest BCUT2D eigenvalue weighted by molar-refractivity contribution is 0.0601. The molecule has 0 bridgehead atoms. The number of hydrogen-bond acceptors (Lipinski definition) is 5. The molecule has 1 aliphatic heterocycles. The van der Waals surface area contributed by atoms with Crippen LogP contribution in [-0.2, 0) is 4.74 Å². The summed E-state index contributed by atoms with van der Waals surface area (Å²) in [6.45, 7) is 0. The number of methoxy groups -OCH3 is 1. The van der Waals surface area contributed by atoms with Crippen molar-refractivity contribution in [3.8, 4) is 0 Å². The van der Waals surface area contributed by atoms with Gasteiger partial charge in [0.2, 0.25) is 6.35 Å². The number of aliphatic hydroxyl groups is 1. The van der Waals surface area contributed by atoms with Gasteiger partial charge in [-0.1, -0.05) is 0 Å². The van der Waals surface area contributed by atoms with Crippen LogP contribution in [0.1, 0.15) is 10.4 Å². The van der Waals surface area contributed by atoms with Crippen molar-refractivity contribution in [2.24, 2.45) is 0 Å². The maximum Gasteiger partial charge on any atom is 0.337 e. The average molecular weight is 194 g/mol. The third-order valence-corrected chi connectivity index (χ3v) is 2.03. The van der Waals surface area contributed by atoms with Crippen molar-refractivity contribution >= 4 is 17.3 Å². The van der Waals surface area contributed by atoms with Crippen LogP contribution in [0.3, 0.4) is 0 Å². The first-order chi connectivity index (χ1) is 6.70. The zero-order valence-corrected chi connectivity index (χ0v) is 7.57. The van der Waals surface area contributed by atoms with Crippen LogP contribution in [0.4, 0.5) is 11.4 Å². The molecule has 0 aliphatic carbocycles. The lowest BCUT2D eigenvalue weighted by Gasteiger charge is -2.01. The minimum atomic E-state index is -0.794. The number of fused-ring (bicyclic) bond motifs is 1. The lowest BCUT2D eigenvalue weighted by atomic mass is 10.2. The molecule has 1 unspecified atom stereocenters. The second-order valence-corrected chi connectivity index (χ2v) is 2.94. The molecule has 2 rings (SSSR count). The Morgan fingerprint density at radius 2 is 2.14 bits per heavy atom. The van der Waals surface area contributed by atoms with Gasteiger partial charge < -0.3 is 20.5 Å². The number of hydrogen-bond donors (Lipinski definition) is 3. The summed E-state index contributed by atoms with van der Waals surface area (Å²) in [6.07, 6.45) is -0.794. The zero-order valence-electron chi connectivity index (χ0n) is 7.57. The molecule has 14 heavy (non-hydrogen) atoms. The van der Waals surface area contributed by atoms with Gasteiger partial charge in [0.05, 0.1) is 24.0 Å². The van der Waals surface area contributed by atoms with Gasteiger partial charge in [0, 0.05) is 0 Å². The SMILES string of the molecule is COC(=O)c1ccc2c(c1)NC(O)N2. The summed E-state index contributed by atoms with van der Waals surface area (Å²) in [7, 11) is 1.33. The number of nitrogens with one attached hydrogen (secondary N) is 2. The molecule has 0 aromatic heterocycles. The summed E-state index contributed by atoms with van der Waals surface area (Å²) in [5.74, 6) is -0.393. The van der Waals surface area contributed by atoms with E-state index in [2.05, 4.69) is 15.4 Å². The Balaban J connectivity index is 2.33. The maximum atomic E-state index is 11.2. The van der Waals surface area contributed by atoms with Crippen LogP contribution in [0.5, 0.6) is 0 Å². The van der Waals surface area contributed by atoms with Crippen LogP contribution in [0.2, 0.25) is 0 Å². The fourth-order valence-electron chi connectivity index (χ4n) is 1.37. The second kappa shape index (κ2) is 3.19. The summed E-state index contributed by atoms with van der Waals surface area (Å²) < 4.78 is 4.57. The van der Waals surface area contributed by atoms with E-state index in [1.807, 2.05) is 0 Å². The molecule has 0 radical (unpaired) electrons. The third-order valence-electron chi connectivity index (χ3n) is 2.03. The van der Waals surface area contributed by atoms with Crippen molar-refractivity contribution in [1.82, 2.24) is 0 Å². The highest BCUT2D eigenvalue weighted by Crippen LogP contribution is 2.29. The van der Waals surface area contributed by atoms with Gasteiger partial charge in [-0.15, -0.1) is 0 Å². The van der Waals surface area contributed by atoms with Crippen molar-refractivity contribution in [2.45, 2.75) is 6.35 Å². The van der Waals surface area contributed by atoms with E-state index in [0.717, 1.165) is 5.69 Å². The number of ether oxygens (including phenoxy) is 1. The zero-order chi connectivity index (χ0) is 10.1. The second-order valence-electron chi connectivity index (χ2n) is 2.94. The standard InChI is InChI=1S/C9H10N2O3/c1-14-8(12)5-2-3-6-7(4-5)11-9(13)10-6/h2-4,9-11,13H,1H3. The fraction of sp³-hybridized carbons (Fsp3) is 0.222. The number of esters is 1. The van der Waals surface area contributed by atoms with Crippen LogP contribution in [-0.4, -0.2) is 24.5 Å². The molecule has 1 heterocycles. The molecule has 1 aliphatic rings. The van der Waals surface area contributed by atoms with Crippen LogP contribution in [0.25, 0.3) is 0 Å². The van der Waals surface area contributed by atoms with E-state index in [4.69, 9.17) is 0 Å². The number of anilines is 2. The first-order valence-electron chi connectivity index (χ1n) is 4.14. The molecular weight excluding hydrogens is 184 g/mol. The average Bonchev–Trinajstić information content (AvgIpc) is 2.55. The van der Waals surface area contributed by atoms with Gasteiger partial charge in [-0.2, -0.15) is 0 Å². The van der Waals surface area contributed by atoms with Gasteiger partial charge in [0.1, 0.15) is 0 Å². The van der Waals surface area contributed by atoms with Gasteiger partial charge in [-0.3, -0.25) is 0 Å². The highest BCUT2D eigenvalue weighted by Gasteiger charge is 2.18. The van der Waals surface area contributed by atoms with E-state index >= 15 is 0 Å². The molecule has 5 nitrogen and oxygen atoms in total. The normalized spacial score (nSPS) is 18.0.